The van der Waals surface area contributed by atoms with E-state index in [1.165, 1.54) is 0 Å². The third-order valence-electron chi connectivity index (χ3n) is 2.28. The summed E-state index contributed by atoms with van der Waals surface area (Å²) in [6, 6.07) is 0.949. The number of nitro benzene ring substituents is 2. The Bertz CT molecular complexity index is 676. The van der Waals surface area contributed by atoms with Crippen molar-refractivity contribution in [3.8, 4) is 5.75 Å². The van der Waals surface area contributed by atoms with Crippen LogP contribution >= 0.6 is 0 Å². The Balaban J connectivity index is 3.63. The van der Waals surface area contributed by atoms with E-state index in [0.29, 0.717) is 18.2 Å². The van der Waals surface area contributed by atoms with Crippen LogP contribution in [0.4, 0.5) is 11.4 Å². The zero-order valence-corrected chi connectivity index (χ0v) is 9.92. The number of nitro groups is 2. The summed E-state index contributed by atoms with van der Waals surface area (Å²) in [6.07, 6.45) is 0.423. The fraction of sp³-hybridized carbons (Fsp3) is 0. The maximum atomic E-state index is 10.8. The van der Waals surface area contributed by atoms with Crippen LogP contribution < -0.4 is 0 Å². The van der Waals surface area contributed by atoms with E-state index >= 15 is 0 Å². The lowest BCUT2D eigenvalue weighted by Crippen LogP contribution is -2.11. The fourth-order valence-electron chi connectivity index (χ4n) is 1.37. The standard InChI is InChI=1S/C10H6N2O9/c13-8-2-4(1-5(9(14)15)10(16)17)6(11(18)19)3-7(8)12(20)21/h1-3,13H,(H,14,15)(H,16,17). The Morgan fingerprint density at radius 3 is 1.86 bits per heavy atom. The summed E-state index contributed by atoms with van der Waals surface area (Å²) in [5.74, 6) is -4.70. The topological polar surface area (TPSA) is 181 Å². The maximum Gasteiger partial charge on any atom is 0.343 e. The van der Waals surface area contributed by atoms with E-state index < -0.39 is 50.0 Å². The van der Waals surface area contributed by atoms with E-state index in [-0.39, 0.29) is 0 Å². The quantitative estimate of drug-likeness (QED) is 0.232. The summed E-state index contributed by atoms with van der Waals surface area (Å²) < 4.78 is 0. The highest BCUT2D eigenvalue weighted by molar-refractivity contribution is 6.16. The minimum atomic E-state index is -1.87. The van der Waals surface area contributed by atoms with Crippen LogP contribution in [-0.2, 0) is 9.59 Å². The number of hydrogen-bond acceptors (Lipinski definition) is 7. The number of carboxylic acid groups (broad SMARTS) is 2. The van der Waals surface area contributed by atoms with Gasteiger partial charge in [0.25, 0.3) is 5.69 Å². The number of benzene rings is 1. The molecule has 0 saturated carbocycles. The number of phenols is 1. The van der Waals surface area contributed by atoms with Gasteiger partial charge in [0.2, 0.25) is 0 Å². The molecule has 1 rings (SSSR count). The molecule has 0 bridgehead atoms. The summed E-state index contributed by atoms with van der Waals surface area (Å²) in [6.45, 7) is 0. The first-order valence-electron chi connectivity index (χ1n) is 4.99. The second kappa shape index (κ2) is 5.64. The lowest BCUT2D eigenvalue weighted by atomic mass is 10.1. The van der Waals surface area contributed by atoms with Gasteiger partial charge in [-0.1, -0.05) is 0 Å². The molecule has 0 amide bonds. The second-order valence-corrected chi connectivity index (χ2v) is 3.58. The van der Waals surface area contributed by atoms with E-state index in [1.807, 2.05) is 0 Å². The normalized spacial score (nSPS) is 9.71. The van der Waals surface area contributed by atoms with Crippen LogP contribution in [0, 0.1) is 20.2 Å². The Labute approximate surface area is 114 Å². The Hall–Kier alpha value is -3.50. The molecule has 11 heteroatoms. The summed E-state index contributed by atoms with van der Waals surface area (Å²) in [5.41, 5.74) is -3.68. The van der Waals surface area contributed by atoms with Gasteiger partial charge in [-0.15, -0.1) is 0 Å². The lowest BCUT2D eigenvalue weighted by Gasteiger charge is -2.02. The van der Waals surface area contributed by atoms with E-state index in [4.69, 9.17) is 10.2 Å². The highest BCUT2D eigenvalue weighted by atomic mass is 16.6. The van der Waals surface area contributed by atoms with Crippen molar-refractivity contribution in [1.29, 1.82) is 0 Å². The number of phenolic OH excluding ortho intramolecular Hbond substituents is 1. The number of nitrogens with zero attached hydrogens (tertiary/aromatic N) is 2. The predicted octanol–water partition coefficient (Wildman–Crippen LogP) is 0.761. The van der Waals surface area contributed by atoms with Crippen molar-refractivity contribution in [3.63, 3.8) is 0 Å². The van der Waals surface area contributed by atoms with Crippen molar-refractivity contribution in [1.82, 2.24) is 0 Å². The van der Waals surface area contributed by atoms with Gasteiger partial charge in [-0.2, -0.15) is 0 Å². The molecule has 3 N–H and O–H groups in total. The fourth-order valence-corrected chi connectivity index (χ4v) is 1.37. The SMILES string of the molecule is O=C(O)C(=Cc1cc(O)c([N+](=O)[O-])cc1[N+](=O)[O-])C(=O)O. The molecular formula is C10H6N2O9. The second-order valence-electron chi connectivity index (χ2n) is 3.58. The molecule has 1 aromatic carbocycles. The van der Waals surface area contributed by atoms with Crippen LogP contribution in [0.3, 0.4) is 0 Å². The molecule has 0 radical (unpaired) electrons. The molecule has 11 nitrogen and oxygen atoms in total. The average Bonchev–Trinajstić information content (AvgIpc) is 2.34. The van der Waals surface area contributed by atoms with Crippen LogP contribution in [0.5, 0.6) is 5.75 Å². The third-order valence-corrected chi connectivity index (χ3v) is 2.28. The van der Waals surface area contributed by atoms with Gasteiger partial charge in [-0.25, -0.2) is 9.59 Å². The summed E-state index contributed by atoms with van der Waals surface area (Å²) in [5, 5.41) is 48.1. The monoisotopic (exact) mass is 298 g/mol. The first kappa shape index (κ1) is 15.6. The molecule has 0 aromatic heterocycles. The number of carbonyl (C=O) groups is 2. The predicted molar refractivity (Wildman–Crippen MR) is 64.7 cm³/mol. The van der Waals surface area contributed by atoms with Crippen LogP contribution in [0.1, 0.15) is 5.56 Å². The van der Waals surface area contributed by atoms with Gasteiger partial charge >= 0.3 is 17.6 Å². The molecular weight excluding hydrogens is 292 g/mol. The van der Waals surface area contributed by atoms with E-state index in [0.717, 1.165) is 0 Å². The van der Waals surface area contributed by atoms with Gasteiger partial charge in [0.1, 0.15) is 5.57 Å². The Morgan fingerprint density at radius 2 is 1.48 bits per heavy atom. The number of aromatic hydroxyl groups is 1. The molecule has 0 heterocycles. The lowest BCUT2D eigenvalue weighted by molar-refractivity contribution is -0.394. The van der Waals surface area contributed by atoms with E-state index in [9.17, 15) is 34.9 Å². The van der Waals surface area contributed by atoms with Crippen molar-refractivity contribution in [2.45, 2.75) is 0 Å². The summed E-state index contributed by atoms with van der Waals surface area (Å²) in [7, 11) is 0. The molecule has 110 valence electrons. The number of aliphatic carboxylic acids is 2. The maximum absolute atomic E-state index is 10.8. The van der Waals surface area contributed by atoms with Crippen molar-refractivity contribution in [2.75, 3.05) is 0 Å². The zero-order chi connectivity index (χ0) is 16.3. The number of hydrogen-bond donors (Lipinski definition) is 3. The Kier molecular flexibility index (Phi) is 4.18. The molecule has 0 spiro atoms. The van der Waals surface area contributed by atoms with Crippen LogP contribution in [0.25, 0.3) is 6.08 Å². The van der Waals surface area contributed by atoms with Crippen molar-refractivity contribution in [2.24, 2.45) is 0 Å². The summed E-state index contributed by atoms with van der Waals surface area (Å²) in [4.78, 5) is 40.6. The van der Waals surface area contributed by atoms with Gasteiger partial charge in [0, 0.05) is 6.07 Å². The van der Waals surface area contributed by atoms with Crippen molar-refractivity contribution in [3.05, 3.63) is 43.5 Å². The van der Waals surface area contributed by atoms with E-state index in [2.05, 4.69) is 0 Å². The number of rotatable bonds is 5. The van der Waals surface area contributed by atoms with Gasteiger partial charge in [0.15, 0.2) is 5.75 Å². The minimum absolute atomic E-state index is 0.405. The molecule has 0 unspecified atom stereocenters. The third kappa shape index (κ3) is 3.28. The first-order chi connectivity index (χ1) is 9.65. The highest BCUT2D eigenvalue weighted by Crippen LogP contribution is 2.34. The zero-order valence-electron chi connectivity index (χ0n) is 9.92. The molecule has 0 fully saturated rings. The molecule has 0 aliphatic heterocycles. The van der Waals surface area contributed by atoms with Crippen molar-refractivity contribution < 1.29 is 34.8 Å². The van der Waals surface area contributed by atoms with Crippen LogP contribution in [-0.4, -0.2) is 37.1 Å². The highest BCUT2D eigenvalue weighted by Gasteiger charge is 2.25. The van der Waals surface area contributed by atoms with Gasteiger partial charge in [0.05, 0.1) is 21.5 Å². The molecule has 0 atom stereocenters. The van der Waals surface area contributed by atoms with Gasteiger partial charge < -0.3 is 15.3 Å². The van der Waals surface area contributed by atoms with Gasteiger partial charge in [-0.05, 0) is 6.08 Å². The first-order valence-corrected chi connectivity index (χ1v) is 4.99. The largest absolute Gasteiger partial charge is 0.502 e. The molecule has 0 aliphatic rings. The van der Waals surface area contributed by atoms with Crippen molar-refractivity contribution >= 4 is 29.4 Å². The van der Waals surface area contributed by atoms with E-state index in [1.54, 1.807) is 0 Å². The molecule has 21 heavy (non-hydrogen) atoms. The number of carboxylic acids is 2. The minimum Gasteiger partial charge on any atom is -0.502 e. The Morgan fingerprint density at radius 1 is 1.00 bits per heavy atom. The van der Waals surface area contributed by atoms with Crippen LogP contribution in [0.2, 0.25) is 0 Å². The molecule has 0 aliphatic carbocycles. The molecule has 1 aromatic rings. The molecule has 0 saturated heterocycles. The smallest absolute Gasteiger partial charge is 0.343 e. The van der Waals surface area contributed by atoms with Gasteiger partial charge in [-0.3, -0.25) is 20.2 Å². The summed E-state index contributed by atoms with van der Waals surface area (Å²) >= 11 is 0. The van der Waals surface area contributed by atoms with Crippen LogP contribution in [0.15, 0.2) is 17.7 Å². The average molecular weight is 298 g/mol.